The lowest BCUT2D eigenvalue weighted by Crippen LogP contribution is -2.35. The fourth-order valence-electron chi connectivity index (χ4n) is 1.01. The van der Waals surface area contributed by atoms with Crippen LogP contribution in [0.1, 0.15) is 5.56 Å². The quantitative estimate of drug-likeness (QED) is 0.473. The fourth-order valence-corrected chi connectivity index (χ4v) is 1.32. The van der Waals surface area contributed by atoms with Crippen LogP contribution in [0.3, 0.4) is 0 Å². The van der Waals surface area contributed by atoms with E-state index in [0.717, 1.165) is 0 Å². The van der Waals surface area contributed by atoms with E-state index in [1.54, 1.807) is 24.3 Å². The Labute approximate surface area is 118 Å². The third kappa shape index (κ3) is 5.58. The lowest BCUT2D eigenvalue weighted by Gasteiger charge is -2.06. The van der Waals surface area contributed by atoms with E-state index in [0.29, 0.717) is 10.6 Å². The molecule has 19 heavy (non-hydrogen) atoms. The molecule has 2 N–H and O–H groups in total. The number of amides is 1. The summed E-state index contributed by atoms with van der Waals surface area (Å²) in [5.41, 5.74) is -0.822. The van der Waals surface area contributed by atoms with Crippen LogP contribution in [0, 0.1) is 0 Å². The zero-order valence-electron chi connectivity index (χ0n) is 9.55. The lowest BCUT2D eigenvalue weighted by molar-refractivity contribution is -0.139. The first-order valence-corrected chi connectivity index (χ1v) is 5.89. The summed E-state index contributed by atoms with van der Waals surface area (Å²) in [6, 6.07) is 6.87. The largest absolute Gasteiger partial charge is 0.480 e. The van der Waals surface area contributed by atoms with Crippen molar-refractivity contribution >= 4 is 41.3 Å². The summed E-state index contributed by atoms with van der Waals surface area (Å²) in [5.74, 6) is -1.97. The number of rotatable bonds is 6. The predicted octanol–water partition coefficient (Wildman–Crippen LogP) is 1.46. The van der Waals surface area contributed by atoms with Crippen LogP contribution in [0.5, 0.6) is 0 Å². The second-order valence-electron chi connectivity index (χ2n) is 3.29. The third-order valence-electron chi connectivity index (χ3n) is 1.87. The molecule has 1 atom stereocenters. The number of aliphatic carboxylic acids is 1. The van der Waals surface area contributed by atoms with E-state index in [1.807, 2.05) is 5.32 Å². The minimum Gasteiger partial charge on any atom is -0.480 e. The Bertz CT molecular complexity index is 493. The molecule has 0 saturated carbocycles. The zero-order chi connectivity index (χ0) is 14.3. The van der Waals surface area contributed by atoms with Gasteiger partial charge in [0.2, 0.25) is 0 Å². The van der Waals surface area contributed by atoms with Gasteiger partial charge in [-0.3, -0.25) is 9.59 Å². The van der Waals surface area contributed by atoms with E-state index in [1.165, 1.54) is 6.21 Å². The summed E-state index contributed by atoms with van der Waals surface area (Å²) in [5, 5.41) is 14.4. The Balaban J connectivity index is 2.45. The Morgan fingerprint density at radius 3 is 2.79 bits per heavy atom. The molecule has 0 spiro atoms. The molecule has 102 valence electrons. The maximum atomic E-state index is 11.2. The Kier molecular flexibility index (Phi) is 6.11. The summed E-state index contributed by atoms with van der Waals surface area (Å²) in [7, 11) is 0. The predicted molar refractivity (Wildman–Crippen MR) is 70.4 cm³/mol. The summed E-state index contributed by atoms with van der Waals surface area (Å²) in [6.45, 7) is -0.542. The van der Waals surface area contributed by atoms with Gasteiger partial charge in [0.25, 0.3) is 11.5 Å². The molecule has 1 rings (SSSR count). The first kappa shape index (κ1) is 15.3. The van der Waals surface area contributed by atoms with Crippen molar-refractivity contribution in [2.45, 2.75) is 5.56 Å². The van der Waals surface area contributed by atoms with Crippen LogP contribution in [-0.4, -0.2) is 35.3 Å². The molecule has 0 fully saturated rings. The maximum absolute atomic E-state index is 11.2. The molecule has 6 nitrogen and oxygen atoms in total. The van der Waals surface area contributed by atoms with E-state index in [2.05, 4.69) is 9.99 Å². The number of benzene rings is 1. The molecule has 1 unspecified atom stereocenters. The standard InChI is InChI=1S/C11H10Cl2N2O4/c12-8-4-2-1-3-7(8)5-15-19-10(13)11(18)14-6-9(16)17/h1-5,10H,6H2,(H,14,18)(H,16,17). The number of hydrogen-bond donors (Lipinski definition) is 2. The summed E-state index contributed by atoms with van der Waals surface area (Å²) < 4.78 is 0. The molecular weight excluding hydrogens is 295 g/mol. The highest BCUT2D eigenvalue weighted by molar-refractivity contribution is 6.33. The summed E-state index contributed by atoms with van der Waals surface area (Å²) in [4.78, 5) is 26.1. The number of carboxylic acid groups (broad SMARTS) is 1. The van der Waals surface area contributed by atoms with Crippen LogP contribution in [0.15, 0.2) is 29.4 Å². The van der Waals surface area contributed by atoms with Crippen molar-refractivity contribution in [1.82, 2.24) is 5.32 Å². The summed E-state index contributed by atoms with van der Waals surface area (Å²) >= 11 is 11.4. The average Bonchev–Trinajstić information content (AvgIpc) is 2.38. The molecule has 0 aliphatic heterocycles. The number of alkyl halides is 1. The first-order valence-electron chi connectivity index (χ1n) is 5.08. The molecule has 0 aromatic heterocycles. The van der Waals surface area contributed by atoms with Crippen molar-refractivity contribution in [3.05, 3.63) is 34.9 Å². The van der Waals surface area contributed by atoms with Gasteiger partial charge in [-0.15, -0.1) is 0 Å². The topological polar surface area (TPSA) is 88.0 Å². The zero-order valence-corrected chi connectivity index (χ0v) is 11.1. The number of carbonyl (C=O) groups is 2. The van der Waals surface area contributed by atoms with Gasteiger partial charge >= 0.3 is 5.97 Å². The average molecular weight is 305 g/mol. The van der Waals surface area contributed by atoms with Gasteiger partial charge in [-0.1, -0.05) is 46.6 Å². The van der Waals surface area contributed by atoms with Crippen LogP contribution in [0.25, 0.3) is 0 Å². The second kappa shape index (κ2) is 7.60. The maximum Gasteiger partial charge on any atom is 0.322 e. The minimum absolute atomic E-state index is 0.469. The van der Waals surface area contributed by atoms with Gasteiger partial charge in [0, 0.05) is 10.6 Å². The van der Waals surface area contributed by atoms with Crippen molar-refractivity contribution in [3.63, 3.8) is 0 Å². The Morgan fingerprint density at radius 2 is 2.16 bits per heavy atom. The third-order valence-corrected chi connectivity index (χ3v) is 2.49. The van der Waals surface area contributed by atoms with Crippen molar-refractivity contribution < 1.29 is 19.5 Å². The minimum atomic E-state index is -1.42. The molecule has 1 aromatic rings. The molecule has 1 amide bonds. The van der Waals surface area contributed by atoms with Gasteiger partial charge in [-0.05, 0) is 6.07 Å². The number of carbonyl (C=O) groups excluding carboxylic acids is 1. The smallest absolute Gasteiger partial charge is 0.322 e. The molecule has 0 aliphatic carbocycles. The molecule has 0 saturated heterocycles. The van der Waals surface area contributed by atoms with Gasteiger partial charge < -0.3 is 15.3 Å². The Morgan fingerprint density at radius 1 is 1.47 bits per heavy atom. The lowest BCUT2D eigenvalue weighted by atomic mass is 10.2. The number of halogens is 2. The van der Waals surface area contributed by atoms with Crippen molar-refractivity contribution in [3.8, 4) is 0 Å². The van der Waals surface area contributed by atoms with Crippen LogP contribution in [0.4, 0.5) is 0 Å². The van der Waals surface area contributed by atoms with Crippen molar-refractivity contribution in [2.24, 2.45) is 5.16 Å². The number of nitrogens with zero attached hydrogens (tertiary/aromatic N) is 1. The van der Waals surface area contributed by atoms with E-state index < -0.39 is 24.0 Å². The van der Waals surface area contributed by atoms with E-state index >= 15 is 0 Å². The first-order chi connectivity index (χ1) is 9.00. The fraction of sp³-hybridized carbons (Fsp3) is 0.182. The van der Waals surface area contributed by atoms with Crippen molar-refractivity contribution in [2.75, 3.05) is 6.54 Å². The van der Waals surface area contributed by atoms with Gasteiger partial charge in [0.15, 0.2) is 0 Å². The van der Waals surface area contributed by atoms with Gasteiger partial charge in [-0.25, -0.2) is 0 Å². The highest BCUT2D eigenvalue weighted by atomic mass is 35.5. The van der Waals surface area contributed by atoms with Crippen LogP contribution in [-0.2, 0) is 14.4 Å². The molecule has 1 aromatic carbocycles. The summed E-state index contributed by atoms with van der Waals surface area (Å²) in [6.07, 6.45) is 1.29. The highest BCUT2D eigenvalue weighted by Crippen LogP contribution is 2.12. The molecule has 0 heterocycles. The van der Waals surface area contributed by atoms with Crippen LogP contribution < -0.4 is 5.32 Å². The van der Waals surface area contributed by atoms with Gasteiger partial charge in [0.05, 0.1) is 6.21 Å². The molecular formula is C11H10Cl2N2O4. The normalized spacial score (nSPS) is 12.1. The van der Waals surface area contributed by atoms with E-state index in [-0.39, 0.29) is 0 Å². The molecule has 0 radical (unpaired) electrons. The second-order valence-corrected chi connectivity index (χ2v) is 4.09. The van der Waals surface area contributed by atoms with Crippen LogP contribution in [0.2, 0.25) is 5.02 Å². The number of oxime groups is 1. The number of hydrogen-bond acceptors (Lipinski definition) is 4. The Hall–Kier alpha value is -1.79. The SMILES string of the molecule is O=C(O)CNC(=O)C(Cl)ON=Cc1ccccc1Cl. The van der Waals surface area contributed by atoms with E-state index in [9.17, 15) is 9.59 Å². The van der Waals surface area contributed by atoms with Crippen LogP contribution >= 0.6 is 23.2 Å². The highest BCUT2D eigenvalue weighted by Gasteiger charge is 2.16. The van der Waals surface area contributed by atoms with Gasteiger partial charge in [-0.2, -0.15) is 0 Å². The van der Waals surface area contributed by atoms with Gasteiger partial charge in [0.1, 0.15) is 6.54 Å². The monoisotopic (exact) mass is 304 g/mol. The molecule has 0 bridgehead atoms. The van der Waals surface area contributed by atoms with Crippen molar-refractivity contribution in [1.29, 1.82) is 0 Å². The number of carboxylic acids is 1. The molecule has 8 heteroatoms. The van der Waals surface area contributed by atoms with E-state index in [4.69, 9.17) is 28.3 Å². The number of nitrogens with one attached hydrogen (secondary N) is 1. The molecule has 0 aliphatic rings.